The molecule has 0 atom stereocenters. The molecule has 134 valence electrons. The number of Topliss-reactive ketones (excluding diaryl/α,β-unsaturated/α-hetero) is 1. The third kappa shape index (κ3) is 2.94. The average Bonchev–Trinajstić information content (AvgIpc) is 2.68. The standard InChI is InChI=1S/C21H14FNO3S/c22-16-9-6-10-17(13-16)23-14-20(21(24)15-7-2-1-3-8-15)27(25,26)19-12-5-4-11-18(19)23/h1-14H. The molecule has 1 aliphatic rings. The number of anilines is 2. The van der Waals surface area contributed by atoms with Crippen LogP contribution in [0.15, 0.2) is 94.9 Å². The molecule has 4 nitrogen and oxygen atoms in total. The van der Waals surface area contributed by atoms with Crippen LogP contribution in [0.5, 0.6) is 0 Å². The number of fused-ring (bicyclic) bond motifs is 1. The molecule has 1 heterocycles. The fraction of sp³-hybridized carbons (Fsp3) is 0. The Morgan fingerprint density at radius 3 is 2.30 bits per heavy atom. The van der Waals surface area contributed by atoms with Crippen LogP contribution < -0.4 is 4.90 Å². The monoisotopic (exact) mass is 379 g/mol. The lowest BCUT2D eigenvalue weighted by atomic mass is 10.1. The zero-order valence-corrected chi connectivity index (χ0v) is 14.9. The third-order valence-corrected chi connectivity index (χ3v) is 6.09. The Morgan fingerprint density at radius 2 is 1.56 bits per heavy atom. The van der Waals surface area contributed by atoms with Crippen LogP contribution in [-0.4, -0.2) is 14.2 Å². The lowest BCUT2D eigenvalue weighted by molar-refractivity contribution is 0.104. The first-order chi connectivity index (χ1) is 13.0. The Bertz CT molecular complexity index is 1170. The first-order valence-electron chi connectivity index (χ1n) is 8.19. The molecular weight excluding hydrogens is 365 g/mol. The number of hydrogen-bond acceptors (Lipinski definition) is 4. The molecule has 0 unspecified atom stereocenters. The molecule has 0 saturated heterocycles. The molecule has 0 N–H and O–H groups in total. The predicted octanol–water partition coefficient (Wildman–Crippen LogP) is 4.48. The first kappa shape index (κ1) is 17.2. The number of sulfone groups is 1. The lowest BCUT2D eigenvalue weighted by Gasteiger charge is -2.28. The highest BCUT2D eigenvalue weighted by Crippen LogP contribution is 2.40. The average molecular weight is 379 g/mol. The quantitative estimate of drug-likeness (QED) is 0.630. The van der Waals surface area contributed by atoms with Gasteiger partial charge in [-0.2, -0.15) is 0 Å². The van der Waals surface area contributed by atoms with E-state index >= 15 is 0 Å². The van der Waals surface area contributed by atoms with Crippen molar-refractivity contribution in [3.05, 3.63) is 101 Å². The SMILES string of the molecule is O=C(C1=CN(c2cccc(F)c2)c2ccccc2S1(=O)=O)c1ccccc1. The highest BCUT2D eigenvalue weighted by atomic mass is 32.2. The first-order valence-corrected chi connectivity index (χ1v) is 9.67. The van der Waals surface area contributed by atoms with E-state index in [-0.39, 0.29) is 15.4 Å². The number of ketones is 1. The molecule has 3 aromatic rings. The van der Waals surface area contributed by atoms with E-state index < -0.39 is 21.4 Å². The minimum absolute atomic E-state index is 0.0102. The predicted molar refractivity (Wildman–Crippen MR) is 101 cm³/mol. The second-order valence-corrected chi connectivity index (χ2v) is 7.90. The maximum atomic E-state index is 13.7. The summed E-state index contributed by atoms with van der Waals surface area (Å²) in [6.45, 7) is 0. The molecule has 0 bridgehead atoms. The fourth-order valence-corrected chi connectivity index (χ4v) is 4.55. The van der Waals surface area contributed by atoms with Crippen LogP contribution in [0, 0.1) is 5.82 Å². The van der Waals surface area contributed by atoms with Gasteiger partial charge >= 0.3 is 0 Å². The van der Waals surface area contributed by atoms with Crippen LogP contribution in [-0.2, 0) is 9.84 Å². The minimum atomic E-state index is -4.01. The molecule has 0 aliphatic carbocycles. The van der Waals surface area contributed by atoms with E-state index in [1.807, 2.05) is 0 Å². The minimum Gasteiger partial charge on any atom is -0.314 e. The molecular formula is C21H14FNO3S. The molecule has 0 radical (unpaired) electrons. The summed E-state index contributed by atoms with van der Waals surface area (Å²) < 4.78 is 39.9. The van der Waals surface area contributed by atoms with E-state index in [0.717, 1.165) is 0 Å². The van der Waals surface area contributed by atoms with E-state index in [0.29, 0.717) is 11.4 Å². The van der Waals surface area contributed by atoms with Crippen molar-refractivity contribution in [1.82, 2.24) is 0 Å². The van der Waals surface area contributed by atoms with Crippen molar-refractivity contribution in [2.45, 2.75) is 4.90 Å². The van der Waals surface area contributed by atoms with Gasteiger partial charge in [-0.25, -0.2) is 12.8 Å². The van der Waals surface area contributed by atoms with Gasteiger partial charge in [0.2, 0.25) is 15.6 Å². The highest BCUT2D eigenvalue weighted by Gasteiger charge is 2.35. The van der Waals surface area contributed by atoms with Gasteiger partial charge in [0.25, 0.3) is 0 Å². The van der Waals surface area contributed by atoms with Crippen LogP contribution in [0.3, 0.4) is 0 Å². The lowest BCUT2D eigenvalue weighted by Crippen LogP contribution is -2.25. The van der Waals surface area contributed by atoms with Gasteiger partial charge in [-0.15, -0.1) is 0 Å². The Hall–Kier alpha value is -3.25. The summed E-state index contributed by atoms with van der Waals surface area (Å²) in [6, 6.07) is 20.3. The Labute approximate surface area is 156 Å². The molecule has 6 heteroatoms. The van der Waals surface area contributed by atoms with E-state index in [1.165, 1.54) is 35.4 Å². The number of allylic oxidation sites excluding steroid dienone is 1. The van der Waals surface area contributed by atoms with Crippen LogP contribution >= 0.6 is 0 Å². The fourth-order valence-electron chi connectivity index (χ4n) is 3.01. The van der Waals surface area contributed by atoms with E-state index in [9.17, 15) is 17.6 Å². The summed E-state index contributed by atoms with van der Waals surface area (Å²) in [5.41, 5.74) is 1.06. The maximum Gasteiger partial charge on any atom is 0.214 e. The topological polar surface area (TPSA) is 54.5 Å². The van der Waals surface area contributed by atoms with Gasteiger partial charge in [0, 0.05) is 17.5 Å². The van der Waals surface area contributed by atoms with Gasteiger partial charge < -0.3 is 4.90 Å². The van der Waals surface area contributed by atoms with Crippen molar-refractivity contribution in [3.8, 4) is 0 Å². The third-order valence-electron chi connectivity index (χ3n) is 4.30. The zero-order chi connectivity index (χ0) is 19.0. The highest BCUT2D eigenvalue weighted by molar-refractivity contribution is 7.96. The number of hydrogen-bond donors (Lipinski definition) is 0. The van der Waals surface area contributed by atoms with Crippen LogP contribution in [0.4, 0.5) is 15.8 Å². The number of halogens is 1. The molecule has 4 rings (SSSR count). The van der Waals surface area contributed by atoms with Crippen molar-refractivity contribution in [2.75, 3.05) is 4.90 Å². The molecule has 1 aliphatic heterocycles. The second-order valence-electron chi connectivity index (χ2n) is 6.01. The maximum absolute atomic E-state index is 13.7. The number of para-hydroxylation sites is 1. The van der Waals surface area contributed by atoms with E-state index in [1.54, 1.807) is 54.6 Å². The summed E-state index contributed by atoms with van der Waals surface area (Å²) in [5.74, 6) is -1.06. The molecule has 0 amide bonds. The van der Waals surface area contributed by atoms with Crippen LogP contribution in [0.2, 0.25) is 0 Å². The van der Waals surface area contributed by atoms with Crippen molar-refractivity contribution < 1.29 is 17.6 Å². The summed E-state index contributed by atoms with van der Waals surface area (Å²) in [4.78, 5) is 14.1. The van der Waals surface area contributed by atoms with E-state index in [2.05, 4.69) is 0 Å². The normalized spacial score (nSPS) is 15.0. The molecule has 0 spiro atoms. The van der Waals surface area contributed by atoms with Gasteiger partial charge in [-0.3, -0.25) is 4.79 Å². The zero-order valence-electron chi connectivity index (χ0n) is 14.0. The number of carbonyl (C=O) groups excluding carboxylic acids is 1. The van der Waals surface area contributed by atoms with Gasteiger partial charge in [0.15, 0.2) is 0 Å². The number of rotatable bonds is 3. The van der Waals surface area contributed by atoms with Crippen LogP contribution in [0.1, 0.15) is 10.4 Å². The summed E-state index contributed by atoms with van der Waals surface area (Å²) >= 11 is 0. The molecule has 0 aromatic heterocycles. The van der Waals surface area contributed by atoms with E-state index in [4.69, 9.17) is 0 Å². The number of benzene rings is 3. The Kier molecular flexibility index (Phi) is 4.12. The van der Waals surface area contributed by atoms with Crippen molar-refractivity contribution in [3.63, 3.8) is 0 Å². The van der Waals surface area contributed by atoms with Gasteiger partial charge in [-0.1, -0.05) is 48.5 Å². The molecule has 27 heavy (non-hydrogen) atoms. The van der Waals surface area contributed by atoms with Crippen LogP contribution in [0.25, 0.3) is 0 Å². The van der Waals surface area contributed by atoms with Crippen molar-refractivity contribution in [2.24, 2.45) is 0 Å². The number of nitrogens with zero attached hydrogens (tertiary/aromatic N) is 1. The van der Waals surface area contributed by atoms with Gasteiger partial charge in [0.1, 0.15) is 10.7 Å². The summed E-state index contributed by atoms with van der Waals surface area (Å²) in [6.07, 6.45) is 1.27. The number of carbonyl (C=O) groups is 1. The molecule has 0 fully saturated rings. The van der Waals surface area contributed by atoms with Gasteiger partial charge in [-0.05, 0) is 30.3 Å². The van der Waals surface area contributed by atoms with Gasteiger partial charge in [0.05, 0.1) is 10.6 Å². The largest absolute Gasteiger partial charge is 0.314 e. The Balaban J connectivity index is 1.94. The van der Waals surface area contributed by atoms with Crippen molar-refractivity contribution in [1.29, 1.82) is 0 Å². The summed E-state index contributed by atoms with van der Waals surface area (Å²) in [5, 5.41) is 0. The second kappa shape index (κ2) is 6.48. The Morgan fingerprint density at radius 1 is 0.852 bits per heavy atom. The van der Waals surface area contributed by atoms with Crippen molar-refractivity contribution >= 4 is 27.0 Å². The molecule has 3 aromatic carbocycles. The molecule has 0 saturated carbocycles. The summed E-state index contributed by atoms with van der Waals surface area (Å²) in [7, 11) is -4.01. The smallest absolute Gasteiger partial charge is 0.214 e.